The van der Waals surface area contributed by atoms with Crippen LogP contribution in [-0.4, -0.2) is 4.37 Å². The first-order chi connectivity index (χ1) is 4.88. The van der Waals surface area contributed by atoms with Gasteiger partial charge in [0.15, 0.2) is 5.82 Å². The van der Waals surface area contributed by atoms with Gasteiger partial charge >= 0.3 is 0 Å². The van der Waals surface area contributed by atoms with E-state index in [4.69, 9.17) is 5.73 Å². The monoisotopic (exact) mass is 148 g/mol. The average Bonchev–Trinajstić information content (AvgIpc) is 2.34. The van der Waals surface area contributed by atoms with E-state index in [0.29, 0.717) is 0 Å². The molecule has 3 heteroatoms. The zero-order valence-corrected chi connectivity index (χ0v) is 5.93. The first-order valence-electron chi connectivity index (χ1n) is 2.91. The van der Waals surface area contributed by atoms with E-state index in [1.165, 1.54) is 11.5 Å². The van der Waals surface area contributed by atoms with Gasteiger partial charge in [0.2, 0.25) is 0 Å². The van der Waals surface area contributed by atoms with Crippen molar-refractivity contribution in [2.45, 2.75) is 0 Å². The Bertz CT molecular complexity index is 353. The standard InChI is InChI=1S/C7H4N2S/c8-7-5-3-1-2-4-6(5)10-9-7/h1-4H. The highest BCUT2D eigenvalue weighted by atomic mass is 32.1. The molecule has 10 heavy (non-hydrogen) atoms. The van der Waals surface area contributed by atoms with Crippen molar-refractivity contribution in [3.05, 3.63) is 24.3 Å². The summed E-state index contributed by atoms with van der Waals surface area (Å²) in [4.78, 5) is 0. The summed E-state index contributed by atoms with van der Waals surface area (Å²) in [7, 11) is 0. The summed E-state index contributed by atoms with van der Waals surface area (Å²) in [6, 6.07) is 7.61. The largest absolute Gasteiger partial charge is 0.195 e. The predicted octanol–water partition coefficient (Wildman–Crippen LogP) is 2.00. The van der Waals surface area contributed by atoms with Gasteiger partial charge in [0.25, 0.3) is 0 Å². The maximum atomic E-state index is 9.11. The highest BCUT2D eigenvalue weighted by molar-refractivity contribution is 7.13. The highest BCUT2D eigenvalue weighted by Crippen LogP contribution is 2.24. The fourth-order valence-corrected chi connectivity index (χ4v) is 1.55. The lowest BCUT2D eigenvalue weighted by atomic mass is 10.3. The molecule has 2 nitrogen and oxygen atoms in total. The first-order valence-corrected chi connectivity index (χ1v) is 3.68. The molecule has 1 aromatic carbocycles. The van der Waals surface area contributed by atoms with E-state index in [1.54, 1.807) is 0 Å². The zero-order valence-electron chi connectivity index (χ0n) is 5.11. The van der Waals surface area contributed by atoms with Crippen LogP contribution in [0.15, 0.2) is 24.3 Å². The van der Waals surface area contributed by atoms with Crippen molar-refractivity contribution in [2.75, 3.05) is 0 Å². The molecule has 0 aliphatic heterocycles. The van der Waals surface area contributed by atoms with Gasteiger partial charge < -0.3 is 0 Å². The lowest BCUT2D eigenvalue weighted by molar-refractivity contribution is 1.41. The fraction of sp³-hybridized carbons (Fsp3) is 0. The molecule has 2 radical (unpaired) electrons. The van der Waals surface area contributed by atoms with Gasteiger partial charge in [-0.2, -0.15) is 4.37 Å². The van der Waals surface area contributed by atoms with Crippen LogP contribution in [0.3, 0.4) is 0 Å². The second-order valence-corrected chi connectivity index (χ2v) is 2.81. The molecule has 0 saturated carbocycles. The van der Waals surface area contributed by atoms with E-state index in [9.17, 15) is 0 Å². The van der Waals surface area contributed by atoms with Crippen LogP contribution in [0.4, 0.5) is 5.82 Å². The van der Waals surface area contributed by atoms with Crippen LogP contribution >= 0.6 is 11.5 Å². The topological polar surface area (TPSA) is 35.2 Å². The van der Waals surface area contributed by atoms with Crippen LogP contribution in [0.25, 0.3) is 10.1 Å². The van der Waals surface area contributed by atoms with Crippen molar-refractivity contribution in [3.63, 3.8) is 0 Å². The predicted molar refractivity (Wildman–Crippen MR) is 41.4 cm³/mol. The summed E-state index contributed by atoms with van der Waals surface area (Å²) >= 11 is 1.31. The Kier molecular flexibility index (Phi) is 1.11. The van der Waals surface area contributed by atoms with Crippen molar-refractivity contribution in [1.82, 2.24) is 10.1 Å². The molecule has 0 aliphatic carbocycles. The molecule has 0 N–H and O–H groups in total. The van der Waals surface area contributed by atoms with Gasteiger partial charge in [0, 0.05) is 5.39 Å². The lowest BCUT2D eigenvalue weighted by Crippen LogP contribution is -1.65. The Morgan fingerprint density at radius 3 is 2.90 bits per heavy atom. The Hall–Kier alpha value is -1.09. The molecule has 2 aromatic rings. The number of fused-ring (bicyclic) bond motifs is 1. The second-order valence-electron chi connectivity index (χ2n) is 2.00. The summed E-state index contributed by atoms with van der Waals surface area (Å²) in [6.45, 7) is 0. The second kappa shape index (κ2) is 1.95. The van der Waals surface area contributed by atoms with Gasteiger partial charge in [-0.25, -0.2) is 0 Å². The summed E-state index contributed by atoms with van der Waals surface area (Å²) in [5.41, 5.74) is 9.11. The van der Waals surface area contributed by atoms with Gasteiger partial charge in [0.1, 0.15) is 0 Å². The molecule has 0 amide bonds. The molecule has 0 bridgehead atoms. The van der Waals surface area contributed by atoms with Crippen LogP contribution in [0.1, 0.15) is 0 Å². The lowest BCUT2D eigenvalue weighted by Gasteiger charge is -1.82. The maximum Gasteiger partial charge on any atom is 0.195 e. The van der Waals surface area contributed by atoms with Crippen molar-refractivity contribution in [1.29, 1.82) is 0 Å². The number of nitrogens with zero attached hydrogens (tertiary/aromatic N) is 2. The van der Waals surface area contributed by atoms with E-state index in [-0.39, 0.29) is 5.82 Å². The van der Waals surface area contributed by atoms with Crippen molar-refractivity contribution in [3.8, 4) is 0 Å². The number of aromatic nitrogens is 1. The third-order valence-corrected chi connectivity index (χ3v) is 2.18. The van der Waals surface area contributed by atoms with Crippen LogP contribution in [0, 0.1) is 0 Å². The SMILES string of the molecule is [N]c1nsc2ccccc12. The fourth-order valence-electron chi connectivity index (χ4n) is 0.873. The van der Waals surface area contributed by atoms with Crippen LogP contribution in [0.5, 0.6) is 0 Å². The maximum absolute atomic E-state index is 9.11. The molecular formula is C7H4N2S. The average molecular weight is 148 g/mol. The van der Waals surface area contributed by atoms with Crippen LogP contribution < -0.4 is 5.73 Å². The number of rotatable bonds is 0. The molecule has 0 atom stereocenters. The molecule has 1 aromatic heterocycles. The van der Waals surface area contributed by atoms with Gasteiger partial charge in [-0.1, -0.05) is 12.1 Å². The van der Waals surface area contributed by atoms with E-state index < -0.39 is 0 Å². The number of benzene rings is 1. The molecular weight excluding hydrogens is 144 g/mol. The third kappa shape index (κ3) is 0.675. The zero-order chi connectivity index (χ0) is 6.97. The minimum atomic E-state index is 0.139. The van der Waals surface area contributed by atoms with E-state index in [1.807, 2.05) is 24.3 Å². The summed E-state index contributed by atoms with van der Waals surface area (Å²) in [5, 5.41) is 0.840. The number of hydrogen-bond donors (Lipinski definition) is 0. The molecule has 0 unspecified atom stereocenters. The first kappa shape index (κ1) is 5.68. The van der Waals surface area contributed by atoms with Gasteiger partial charge in [-0.15, -0.1) is 5.73 Å². The Morgan fingerprint density at radius 2 is 2.10 bits per heavy atom. The van der Waals surface area contributed by atoms with Crippen molar-refractivity contribution in [2.24, 2.45) is 0 Å². The normalized spacial score (nSPS) is 10.4. The van der Waals surface area contributed by atoms with Crippen molar-refractivity contribution < 1.29 is 0 Å². The van der Waals surface area contributed by atoms with E-state index >= 15 is 0 Å². The summed E-state index contributed by atoms with van der Waals surface area (Å²) < 4.78 is 4.82. The molecule has 48 valence electrons. The van der Waals surface area contributed by atoms with Gasteiger partial charge in [-0.05, 0) is 23.7 Å². The Balaban J connectivity index is 2.93. The quantitative estimate of drug-likeness (QED) is 0.562. The molecule has 0 aliphatic rings. The molecule has 1 heterocycles. The minimum Gasteiger partial charge on any atom is -0.170 e. The summed E-state index contributed by atoms with van der Waals surface area (Å²) in [5.74, 6) is 0.139. The molecule has 2 rings (SSSR count). The van der Waals surface area contributed by atoms with Crippen LogP contribution in [0.2, 0.25) is 0 Å². The van der Waals surface area contributed by atoms with Crippen molar-refractivity contribution >= 4 is 27.4 Å². The molecule has 0 saturated heterocycles. The Labute approximate surface area is 62.5 Å². The smallest absolute Gasteiger partial charge is 0.170 e. The minimum absolute atomic E-state index is 0.139. The molecule has 0 fully saturated rings. The third-order valence-electron chi connectivity index (χ3n) is 1.36. The summed E-state index contributed by atoms with van der Waals surface area (Å²) in [6.07, 6.45) is 0. The van der Waals surface area contributed by atoms with Crippen LogP contribution in [-0.2, 0) is 0 Å². The molecule has 0 spiro atoms. The number of hydrogen-bond acceptors (Lipinski definition) is 2. The van der Waals surface area contributed by atoms with E-state index in [0.717, 1.165) is 10.1 Å². The van der Waals surface area contributed by atoms with Gasteiger partial charge in [0.05, 0.1) is 4.70 Å². The highest BCUT2D eigenvalue weighted by Gasteiger charge is 2.00. The van der Waals surface area contributed by atoms with Gasteiger partial charge in [-0.3, -0.25) is 0 Å². The van der Waals surface area contributed by atoms with E-state index in [2.05, 4.69) is 4.37 Å². The Morgan fingerprint density at radius 1 is 1.30 bits per heavy atom.